The van der Waals surface area contributed by atoms with Crippen LogP contribution in [0.3, 0.4) is 0 Å². The summed E-state index contributed by atoms with van der Waals surface area (Å²) >= 11 is 0.207. The van der Waals surface area contributed by atoms with Crippen molar-refractivity contribution in [2.24, 2.45) is 16.6 Å². The van der Waals surface area contributed by atoms with Gasteiger partial charge in [-0.2, -0.15) is 3.89 Å². The van der Waals surface area contributed by atoms with E-state index in [1.54, 1.807) is 18.3 Å². The summed E-state index contributed by atoms with van der Waals surface area (Å²) < 4.78 is 12.8. The van der Waals surface area contributed by atoms with Gasteiger partial charge in [-0.15, -0.1) is 6.58 Å². The van der Waals surface area contributed by atoms with E-state index in [1.807, 2.05) is 26.0 Å². The second-order valence-corrected chi connectivity index (χ2v) is 6.63. The molecule has 1 aromatic heterocycles. The van der Waals surface area contributed by atoms with Crippen molar-refractivity contribution in [1.82, 2.24) is 4.98 Å². The number of nitrogens with two attached hydrogens (primary N) is 1. The van der Waals surface area contributed by atoms with Crippen molar-refractivity contribution in [3.8, 4) is 11.1 Å². The quantitative estimate of drug-likeness (QED) is 0.361. The number of hydrogen-bond donors (Lipinski definition) is 1. The summed E-state index contributed by atoms with van der Waals surface area (Å²) in [4.78, 5) is 9.32. The smallest absolute Gasteiger partial charge is 0.0982 e. The highest BCUT2D eigenvalue weighted by Gasteiger charge is 2.32. The lowest BCUT2D eigenvalue weighted by Crippen LogP contribution is -2.13. The number of aliphatic imine (C=N–C) groups is 1. The molecule has 0 radical (unpaired) electrons. The number of benzene rings is 1. The maximum absolute atomic E-state index is 12.8. The molecule has 1 aliphatic rings. The van der Waals surface area contributed by atoms with Gasteiger partial charge in [0, 0.05) is 24.4 Å². The lowest BCUT2D eigenvalue weighted by atomic mass is 9.98. The third kappa shape index (κ3) is 5.43. The molecule has 1 unspecified atom stereocenters. The molecule has 1 aliphatic carbocycles. The molecule has 1 saturated carbocycles. The van der Waals surface area contributed by atoms with Gasteiger partial charge in [0.2, 0.25) is 0 Å². The van der Waals surface area contributed by atoms with Gasteiger partial charge < -0.3 is 5.73 Å². The molecule has 0 amide bonds. The largest absolute Gasteiger partial charge is 0.387 e. The first-order valence-corrected chi connectivity index (χ1v) is 9.70. The van der Waals surface area contributed by atoms with Crippen LogP contribution in [-0.2, 0) is 0 Å². The molecule has 26 heavy (non-hydrogen) atoms. The topological polar surface area (TPSA) is 51.3 Å². The van der Waals surface area contributed by atoms with Gasteiger partial charge in [0.15, 0.2) is 0 Å². The Labute approximate surface area is 159 Å². The van der Waals surface area contributed by atoms with E-state index < -0.39 is 0 Å². The van der Waals surface area contributed by atoms with Crippen molar-refractivity contribution in [3.05, 3.63) is 60.9 Å². The van der Waals surface area contributed by atoms with Crippen LogP contribution in [0.25, 0.3) is 11.1 Å². The molecule has 1 atom stereocenters. The Morgan fingerprint density at radius 2 is 2.12 bits per heavy atom. The predicted octanol–water partition coefficient (Wildman–Crippen LogP) is 6.14. The monoisotopic (exact) mass is 371 g/mol. The Bertz CT molecular complexity index is 756. The number of nitrogens with zero attached hydrogens (tertiary/aromatic N) is 2. The van der Waals surface area contributed by atoms with Crippen LogP contribution in [0.1, 0.15) is 44.7 Å². The normalized spacial score (nSPS) is 15.0. The summed E-state index contributed by atoms with van der Waals surface area (Å²) in [5, 5.41) is 0. The Hall–Kier alpha value is -2.14. The van der Waals surface area contributed by atoms with Crippen molar-refractivity contribution >= 4 is 18.0 Å². The molecule has 0 saturated heterocycles. The van der Waals surface area contributed by atoms with Crippen molar-refractivity contribution in [2.75, 3.05) is 0 Å². The minimum absolute atomic E-state index is 0.0802. The van der Waals surface area contributed by atoms with Crippen LogP contribution in [0, 0.1) is 5.92 Å². The van der Waals surface area contributed by atoms with E-state index in [9.17, 15) is 3.89 Å². The average Bonchev–Trinajstić information content (AvgIpc) is 3.53. The second-order valence-electron chi connectivity index (χ2n) is 6.01. The van der Waals surface area contributed by atoms with Crippen LogP contribution in [0.4, 0.5) is 3.89 Å². The lowest BCUT2D eigenvalue weighted by molar-refractivity contribution is 0.634. The molecular formula is C21H26FN3S. The summed E-state index contributed by atoms with van der Waals surface area (Å²) in [7, 11) is 0. The molecule has 5 heteroatoms. The fourth-order valence-corrected chi connectivity index (χ4v) is 3.04. The molecule has 2 N–H and O–H groups in total. The summed E-state index contributed by atoms with van der Waals surface area (Å²) in [5.41, 5.74) is 9.05. The molecule has 3 rings (SSSR count). The summed E-state index contributed by atoms with van der Waals surface area (Å²) in [6.45, 7) is 7.71. The zero-order valence-electron chi connectivity index (χ0n) is 15.4. The van der Waals surface area contributed by atoms with Crippen LogP contribution in [0.5, 0.6) is 0 Å². The van der Waals surface area contributed by atoms with Crippen LogP contribution < -0.4 is 5.73 Å². The fourth-order valence-electron chi connectivity index (χ4n) is 2.76. The average molecular weight is 372 g/mol. The maximum Gasteiger partial charge on any atom is 0.0982 e. The van der Waals surface area contributed by atoms with Gasteiger partial charge >= 0.3 is 0 Å². The van der Waals surface area contributed by atoms with Crippen molar-refractivity contribution in [2.45, 2.75) is 44.0 Å². The second kappa shape index (κ2) is 10.1. The number of pyridine rings is 1. The van der Waals surface area contributed by atoms with Crippen LogP contribution in [0.15, 0.2) is 65.3 Å². The third-order valence-corrected chi connectivity index (χ3v) is 4.49. The van der Waals surface area contributed by atoms with E-state index in [2.05, 4.69) is 23.7 Å². The first-order chi connectivity index (χ1) is 12.7. The minimum Gasteiger partial charge on any atom is -0.387 e. The van der Waals surface area contributed by atoms with Crippen LogP contribution in [-0.4, -0.2) is 10.8 Å². The van der Waals surface area contributed by atoms with E-state index in [1.165, 1.54) is 19.0 Å². The van der Waals surface area contributed by atoms with Crippen molar-refractivity contribution in [3.63, 3.8) is 0 Å². The van der Waals surface area contributed by atoms with E-state index in [-0.39, 0.29) is 18.2 Å². The molecule has 2 aromatic rings. The minimum atomic E-state index is 0.0802. The van der Waals surface area contributed by atoms with Gasteiger partial charge in [-0.1, -0.05) is 38.1 Å². The van der Waals surface area contributed by atoms with Gasteiger partial charge in [0.05, 0.1) is 28.9 Å². The summed E-state index contributed by atoms with van der Waals surface area (Å²) in [5.74, 6) is 1.17. The van der Waals surface area contributed by atoms with E-state index in [0.29, 0.717) is 23.1 Å². The molecule has 0 bridgehead atoms. The summed E-state index contributed by atoms with van der Waals surface area (Å²) in [6, 6.07) is 10.1. The fraction of sp³-hybridized carbons (Fsp3) is 0.333. The Balaban J connectivity index is 0.00000117. The van der Waals surface area contributed by atoms with Gasteiger partial charge in [0.25, 0.3) is 0 Å². The number of rotatable bonds is 7. The molecule has 0 spiro atoms. The molecule has 1 heterocycles. The molecule has 3 nitrogen and oxygen atoms in total. The van der Waals surface area contributed by atoms with E-state index >= 15 is 0 Å². The molecule has 138 valence electrons. The number of aromatic nitrogens is 1. The molecule has 1 fully saturated rings. The summed E-state index contributed by atoms with van der Waals surface area (Å²) in [6.07, 6.45) is 7.99. The lowest BCUT2D eigenvalue weighted by Gasteiger charge is -2.15. The highest BCUT2D eigenvalue weighted by molar-refractivity contribution is 7.94. The first kappa shape index (κ1) is 20.2. The number of hydrogen-bond acceptors (Lipinski definition) is 3. The zero-order valence-corrected chi connectivity index (χ0v) is 16.2. The Morgan fingerprint density at radius 3 is 2.77 bits per heavy atom. The van der Waals surface area contributed by atoms with Crippen LogP contribution in [0.2, 0.25) is 0 Å². The van der Waals surface area contributed by atoms with E-state index in [0.717, 1.165) is 16.7 Å². The third-order valence-electron chi connectivity index (χ3n) is 4.09. The van der Waals surface area contributed by atoms with Crippen molar-refractivity contribution < 1.29 is 3.89 Å². The molecule has 0 aliphatic heterocycles. The van der Waals surface area contributed by atoms with Gasteiger partial charge in [-0.3, -0.25) is 9.98 Å². The van der Waals surface area contributed by atoms with Crippen LogP contribution >= 0.6 is 12.1 Å². The highest BCUT2D eigenvalue weighted by Crippen LogP contribution is 2.44. The standard InChI is InChI=1S/C19H20FN3S.C2H6/c1-2-4-18(21)23-19(13-7-8-13)15-6-3-5-14(9-15)16-10-17(24-20)12-22-11-16;1-2/h2-3,5-6,9-13,19H,1,4,7-8H2,(H2,21,23);1-2H3. The van der Waals surface area contributed by atoms with Gasteiger partial charge in [0.1, 0.15) is 0 Å². The zero-order chi connectivity index (χ0) is 18.9. The maximum atomic E-state index is 12.8. The van der Waals surface area contributed by atoms with Gasteiger partial charge in [-0.25, -0.2) is 0 Å². The molecule has 1 aromatic carbocycles. The van der Waals surface area contributed by atoms with Gasteiger partial charge in [-0.05, 0) is 42.0 Å². The Morgan fingerprint density at radius 1 is 1.35 bits per heavy atom. The first-order valence-electron chi connectivity index (χ1n) is 8.98. The van der Waals surface area contributed by atoms with E-state index in [4.69, 9.17) is 10.7 Å². The SMILES string of the molecule is C=CCC(N)=NC(c1cccc(-c2cncc(SF)c2)c1)C1CC1.CC. The number of halogens is 1. The number of amidine groups is 1. The molecular weight excluding hydrogens is 345 g/mol. The Kier molecular flexibility index (Phi) is 7.85. The predicted molar refractivity (Wildman–Crippen MR) is 110 cm³/mol. The highest BCUT2D eigenvalue weighted by atomic mass is 32.2. The van der Waals surface area contributed by atoms with Crippen molar-refractivity contribution in [1.29, 1.82) is 0 Å².